The third-order valence-electron chi connectivity index (χ3n) is 4.00. The van der Waals surface area contributed by atoms with Gasteiger partial charge in [-0.15, -0.1) is 0 Å². The number of carbonyl (C=O) groups excluding carboxylic acids is 2. The maximum Gasteiger partial charge on any atom is 0.226 e. The van der Waals surface area contributed by atoms with E-state index in [2.05, 4.69) is 6.58 Å². The lowest BCUT2D eigenvalue weighted by Crippen LogP contribution is -2.51. The number of piperazine rings is 1. The van der Waals surface area contributed by atoms with Crippen LogP contribution in [0.1, 0.15) is 32.6 Å². The molecule has 1 saturated heterocycles. The number of nitrogens with zero attached hydrogens (tertiary/aromatic N) is 2. The van der Waals surface area contributed by atoms with Crippen molar-refractivity contribution in [3.63, 3.8) is 0 Å². The van der Waals surface area contributed by atoms with Crippen LogP contribution in [-0.2, 0) is 9.59 Å². The van der Waals surface area contributed by atoms with Crippen LogP contribution in [0.2, 0.25) is 0 Å². The second-order valence-electron chi connectivity index (χ2n) is 5.37. The quantitative estimate of drug-likeness (QED) is 0.660. The lowest BCUT2D eigenvalue weighted by Gasteiger charge is -2.37. The van der Waals surface area contributed by atoms with Gasteiger partial charge < -0.3 is 9.80 Å². The van der Waals surface area contributed by atoms with E-state index >= 15 is 0 Å². The van der Waals surface area contributed by atoms with Gasteiger partial charge in [0.2, 0.25) is 11.8 Å². The molecule has 1 aliphatic heterocycles. The smallest absolute Gasteiger partial charge is 0.226 e. The van der Waals surface area contributed by atoms with Crippen molar-refractivity contribution in [1.82, 2.24) is 9.80 Å². The van der Waals surface area contributed by atoms with Gasteiger partial charge in [-0.05, 0) is 25.7 Å². The minimum Gasteiger partial charge on any atom is -0.339 e. The van der Waals surface area contributed by atoms with Crippen LogP contribution in [0.4, 0.5) is 0 Å². The molecule has 2 rings (SSSR count). The second-order valence-corrected chi connectivity index (χ2v) is 5.37. The van der Waals surface area contributed by atoms with Crippen LogP contribution in [0.15, 0.2) is 12.2 Å². The van der Waals surface area contributed by atoms with Crippen molar-refractivity contribution in [2.24, 2.45) is 5.92 Å². The summed E-state index contributed by atoms with van der Waals surface area (Å²) in [4.78, 5) is 27.3. The van der Waals surface area contributed by atoms with Crippen LogP contribution in [-0.4, -0.2) is 47.8 Å². The van der Waals surface area contributed by atoms with Gasteiger partial charge >= 0.3 is 0 Å². The molecule has 100 valence electrons. The molecule has 1 unspecified atom stereocenters. The molecule has 2 amide bonds. The fraction of sp³-hybridized carbons (Fsp3) is 0.714. The van der Waals surface area contributed by atoms with Gasteiger partial charge in [0.05, 0.1) is 0 Å². The van der Waals surface area contributed by atoms with E-state index in [4.69, 9.17) is 0 Å². The molecule has 2 fully saturated rings. The summed E-state index contributed by atoms with van der Waals surface area (Å²) in [6, 6.07) is 0. The van der Waals surface area contributed by atoms with Crippen molar-refractivity contribution in [3.8, 4) is 0 Å². The van der Waals surface area contributed by atoms with Gasteiger partial charge in [0.1, 0.15) is 0 Å². The van der Waals surface area contributed by atoms with Gasteiger partial charge in [0, 0.05) is 39.0 Å². The zero-order valence-electron chi connectivity index (χ0n) is 11.2. The van der Waals surface area contributed by atoms with Crippen LogP contribution < -0.4 is 0 Å². The summed E-state index contributed by atoms with van der Waals surface area (Å²) in [5, 5.41) is 0. The average molecular weight is 250 g/mol. The van der Waals surface area contributed by atoms with Gasteiger partial charge in [-0.3, -0.25) is 9.59 Å². The molecule has 1 saturated carbocycles. The number of allylic oxidation sites excluding steroid dienone is 1. The SMILES string of the molecule is C=C1CCCC(C(=O)N2CCN(C(C)=O)CC2)C1. The van der Waals surface area contributed by atoms with Crippen LogP contribution in [0, 0.1) is 5.92 Å². The van der Waals surface area contributed by atoms with Gasteiger partial charge in [0.25, 0.3) is 0 Å². The molecule has 1 atom stereocenters. The number of amides is 2. The summed E-state index contributed by atoms with van der Waals surface area (Å²) in [6.45, 7) is 8.30. The third-order valence-corrected chi connectivity index (χ3v) is 4.00. The second kappa shape index (κ2) is 5.55. The highest BCUT2D eigenvalue weighted by Crippen LogP contribution is 2.28. The lowest BCUT2D eigenvalue weighted by molar-refractivity contribution is -0.141. The maximum absolute atomic E-state index is 12.4. The maximum atomic E-state index is 12.4. The molecule has 0 N–H and O–H groups in total. The van der Waals surface area contributed by atoms with Gasteiger partial charge in [-0.2, -0.15) is 0 Å². The molecule has 2 aliphatic rings. The van der Waals surface area contributed by atoms with E-state index in [1.165, 1.54) is 5.57 Å². The molecule has 0 radical (unpaired) electrons. The minimum atomic E-state index is 0.105. The van der Waals surface area contributed by atoms with Crippen LogP contribution in [0.25, 0.3) is 0 Å². The van der Waals surface area contributed by atoms with Crippen LogP contribution in [0.3, 0.4) is 0 Å². The fourth-order valence-corrected chi connectivity index (χ4v) is 2.86. The Bertz CT molecular complexity index is 357. The van der Waals surface area contributed by atoms with E-state index in [9.17, 15) is 9.59 Å². The van der Waals surface area contributed by atoms with E-state index in [1.807, 2.05) is 9.80 Å². The fourth-order valence-electron chi connectivity index (χ4n) is 2.86. The molecule has 0 aromatic carbocycles. The summed E-state index contributed by atoms with van der Waals surface area (Å²) in [5.41, 5.74) is 1.21. The Hall–Kier alpha value is -1.32. The van der Waals surface area contributed by atoms with Crippen molar-refractivity contribution in [2.75, 3.05) is 26.2 Å². The molecule has 1 heterocycles. The highest BCUT2D eigenvalue weighted by molar-refractivity contribution is 5.80. The Labute approximate surface area is 109 Å². The highest BCUT2D eigenvalue weighted by atomic mass is 16.2. The Balaban J connectivity index is 1.87. The number of hydrogen-bond acceptors (Lipinski definition) is 2. The van der Waals surface area contributed by atoms with Gasteiger partial charge in [-0.25, -0.2) is 0 Å². The Morgan fingerprint density at radius 3 is 2.33 bits per heavy atom. The molecule has 0 spiro atoms. The molecule has 0 aromatic heterocycles. The van der Waals surface area contributed by atoms with E-state index in [0.717, 1.165) is 25.7 Å². The first-order chi connectivity index (χ1) is 8.58. The standard InChI is InChI=1S/C14H22N2O2/c1-11-4-3-5-13(10-11)14(18)16-8-6-15(7-9-16)12(2)17/h13H,1,3-10H2,2H3. The summed E-state index contributed by atoms with van der Waals surface area (Å²) >= 11 is 0. The largest absolute Gasteiger partial charge is 0.339 e. The van der Waals surface area contributed by atoms with Crippen molar-refractivity contribution in [2.45, 2.75) is 32.6 Å². The molecular formula is C14H22N2O2. The Kier molecular flexibility index (Phi) is 4.04. The first-order valence-electron chi connectivity index (χ1n) is 6.79. The van der Waals surface area contributed by atoms with Gasteiger partial charge in [0.15, 0.2) is 0 Å². The highest BCUT2D eigenvalue weighted by Gasteiger charge is 2.29. The molecular weight excluding hydrogens is 228 g/mol. The minimum absolute atomic E-state index is 0.105. The predicted octanol–water partition coefficient (Wildman–Crippen LogP) is 1.42. The molecule has 0 bridgehead atoms. The zero-order valence-corrected chi connectivity index (χ0v) is 11.2. The van der Waals surface area contributed by atoms with E-state index in [0.29, 0.717) is 26.2 Å². The topological polar surface area (TPSA) is 40.6 Å². The van der Waals surface area contributed by atoms with E-state index < -0.39 is 0 Å². The first-order valence-corrected chi connectivity index (χ1v) is 6.79. The van der Waals surface area contributed by atoms with Crippen molar-refractivity contribution >= 4 is 11.8 Å². The van der Waals surface area contributed by atoms with E-state index in [1.54, 1.807) is 6.92 Å². The molecule has 0 aromatic rings. The monoisotopic (exact) mass is 250 g/mol. The van der Waals surface area contributed by atoms with E-state index in [-0.39, 0.29) is 17.7 Å². The summed E-state index contributed by atoms with van der Waals surface area (Å²) in [5.74, 6) is 0.502. The third kappa shape index (κ3) is 2.92. The summed E-state index contributed by atoms with van der Waals surface area (Å²) < 4.78 is 0. The lowest BCUT2D eigenvalue weighted by atomic mass is 9.85. The van der Waals surface area contributed by atoms with Crippen LogP contribution in [0.5, 0.6) is 0 Å². The molecule has 4 nitrogen and oxygen atoms in total. The normalized spacial score (nSPS) is 25.2. The van der Waals surface area contributed by atoms with Gasteiger partial charge in [-0.1, -0.05) is 12.2 Å². The van der Waals surface area contributed by atoms with Crippen molar-refractivity contribution in [1.29, 1.82) is 0 Å². The zero-order chi connectivity index (χ0) is 13.1. The summed E-state index contributed by atoms with van der Waals surface area (Å²) in [7, 11) is 0. The first kappa shape index (κ1) is 13.1. The Morgan fingerprint density at radius 2 is 1.78 bits per heavy atom. The predicted molar refractivity (Wildman–Crippen MR) is 69.9 cm³/mol. The summed E-state index contributed by atoms with van der Waals surface area (Å²) in [6.07, 6.45) is 4.00. The Morgan fingerprint density at radius 1 is 1.17 bits per heavy atom. The molecule has 18 heavy (non-hydrogen) atoms. The number of hydrogen-bond donors (Lipinski definition) is 0. The average Bonchev–Trinajstić information content (AvgIpc) is 2.38. The van der Waals surface area contributed by atoms with Crippen LogP contribution >= 0.6 is 0 Å². The van der Waals surface area contributed by atoms with Crippen molar-refractivity contribution in [3.05, 3.63) is 12.2 Å². The number of carbonyl (C=O) groups is 2. The molecule has 1 aliphatic carbocycles. The number of rotatable bonds is 1. The molecule has 4 heteroatoms. The van der Waals surface area contributed by atoms with Crippen molar-refractivity contribution < 1.29 is 9.59 Å².